The lowest BCUT2D eigenvalue weighted by Gasteiger charge is -2.21. The molecule has 42 heavy (non-hydrogen) atoms. The average molecular weight is 609 g/mol. The molecule has 1 aromatic heterocycles. The third-order valence-corrected chi connectivity index (χ3v) is 7.26. The van der Waals surface area contributed by atoms with E-state index in [2.05, 4.69) is 11.9 Å². The molecule has 1 heterocycles. The zero-order chi connectivity index (χ0) is 31.4. The number of thiazole rings is 1. The molecule has 0 fully saturated rings. The number of hydrogen-bond acceptors (Lipinski definition) is 7. The van der Waals surface area contributed by atoms with Crippen LogP contribution >= 0.6 is 11.3 Å². The number of primary amides is 1. The largest absolute Gasteiger partial charge is 0.490 e. The van der Waals surface area contributed by atoms with Crippen LogP contribution < -0.4 is 16.4 Å². The van der Waals surface area contributed by atoms with Gasteiger partial charge < -0.3 is 21.7 Å². The first-order valence-corrected chi connectivity index (χ1v) is 13.5. The molecular weight excluding hydrogens is 577 g/mol. The van der Waals surface area contributed by atoms with Crippen LogP contribution in [0, 0.1) is 5.92 Å². The minimum atomic E-state index is -5.08. The summed E-state index contributed by atoms with van der Waals surface area (Å²) in [5.74, 6) is -3.83. The third-order valence-electron chi connectivity index (χ3n) is 6.09. The Labute approximate surface area is 243 Å². The molecular formula is C28H31F3N4O6S. The number of aliphatic carboxylic acids is 2. The number of hydrogen-bond donors (Lipinski definition) is 4. The molecule has 2 amide bonds. The molecule has 1 aliphatic rings. The number of rotatable bonds is 7. The molecule has 1 unspecified atom stereocenters. The van der Waals surface area contributed by atoms with Crippen molar-refractivity contribution in [3.63, 3.8) is 0 Å². The fraction of sp³-hybridized carbons (Fsp3) is 0.321. The van der Waals surface area contributed by atoms with E-state index in [4.69, 9.17) is 26.5 Å². The van der Waals surface area contributed by atoms with Gasteiger partial charge >= 0.3 is 18.1 Å². The van der Waals surface area contributed by atoms with Crippen molar-refractivity contribution in [2.75, 3.05) is 11.4 Å². The first-order valence-electron chi connectivity index (χ1n) is 12.7. The Morgan fingerprint density at radius 3 is 2.24 bits per heavy atom. The molecule has 4 rings (SSSR count). The SMILES string of the molecule is CCC1CCc2sc(C(N)=O)nc2C1.NCc1cccc(N(CC(=O)O)C(=O)c2ccccc2)c1.O=C(O)C(F)(F)F. The van der Waals surface area contributed by atoms with Gasteiger partial charge in [-0.1, -0.05) is 43.7 Å². The molecule has 1 aliphatic carbocycles. The van der Waals surface area contributed by atoms with E-state index in [0.717, 1.165) is 30.0 Å². The van der Waals surface area contributed by atoms with Gasteiger partial charge in [0.15, 0.2) is 5.01 Å². The Kier molecular flexibility index (Phi) is 12.6. The zero-order valence-corrected chi connectivity index (χ0v) is 23.5. The minimum Gasteiger partial charge on any atom is -0.480 e. The number of carboxylic acid groups (broad SMARTS) is 2. The van der Waals surface area contributed by atoms with E-state index in [0.29, 0.717) is 22.8 Å². The van der Waals surface area contributed by atoms with E-state index >= 15 is 0 Å². The van der Waals surface area contributed by atoms with Crippen molar-refractivity contribution < 1.29 is 42.6 Å². The molecule has 2 aromatic carbocycles. The summed E-state index contributed by atoms with van der Waals surface area (Å²) < 4.78 is 31.7. The van der Waals surface area contributed by atoms with Gasteiger partial charge in [-0.2, -0.15) is 13.2 Å². The summed E-state index contributed by atoms with van der Waals surface area (Å²) in [6, 6.07) is 15.6. The summed E-state index contributed by atoms with van der Waals surface area (Å²) in [4.78, 5) is 50.2. The number of nitrogens with zero attached hydrogens (tertiary/aromatic N) is 2. The van der Waals surface area contributed by atoms with Crippen LogP contribution in [0.3, 0.4) is 0 Å². The van der Waals surface area contributed by atoms with E-state index in [1.165, 1.54) is 34.0 Å². The van der Waals surface area contributed by atoms with E-state index in [1.807, 2.05) is 6.07 Å². The quantitative estimate of drug-likeness (QED) is 0.307. The average Bonchev–Trinajstić information content (AvgIpc) is 3.40. The second-order valence-electron chi connectivity index (χ2n) is 9.10. The number of carboxylic acids is 2. The van der Waals surface area contributed by atoms with Crippen molar-refractivity contribution in [1.29, 1.82) is 0 Å². The maximum absolute atomic E-state index is 12.5. The van der Waals surface area contributed by atoms with Gasteiger partial charge in [0.05, 0.1) is 5.69 Å². The summed E-state index contributed by atoms with van der Waals surface area (Å²) in [6.07, 6.45) is -0.568. The first-order chi connectivity index (χ1) is 19.8. The number of anilines is 1. The molecule has 0 radical (unpaired) electrons. The van der Waals surface area contributed by atoms with Gasteiger partial charge in [-0.05, 0) is 55.0 Å². The van der Waals surface area contributed by atoms with Crippen LogP contribution in [0.4, 0.5) is 18.9 Å². The lowest BCUT2D eigenvalue weighted by molar-refractivity contribution is -0.192. The molecule has 0 aliphatic heterocycles. The standard InChI is InChI=1S/C16H16N2O3.C10H14N2OS.C2HF3O2/c17-10-12-5-4-8-14(9-12)18(11-15(19)20)16(21)13-6-2-1-3-7-13;1-2-6-3-4-8-7(5-6)12-10(14-8)9(11)13;3-2(4,5)1(6)7/h1-9H,10-11,17H2,(H,19,20);6H,2-5H2,1H3,(H2,11,13);(H,6,7). The molecule has 0 saturated heterocycles. The maximum Gasteiger partial charge on any atom is 0.490 e. The van der Waals surface area contributed by atoms with Crippen LogP contribution in [0.15, 0.2) is 54.6 Å². The molecule has 0 saturated carbocycles. The van der Waals surface area contributed by atoms with Crippen LogP contribution in [-0.4, -0.2) is 51.7 Å². The highest BCUT2D eigenvalue weighted by Crippen LogP contribution is 2.31. The van der Waals surface area contributed by atoms with E-state index in [-0.39, 0.29) is 5.91 Å². The van der Waals surface area contributed by atoms with Crippen LogP contribution in [0.2, 0.25) is 0 Å². The predicted octanol–water partition coefficient (Wildman–Crippen LogP) is 4.27. The number of nitrogens with two attached hydrogens (primary N) is 2. The van der Waals surface area contributed by atoms with E-state index < -0.39 is 30.6 Å². The molecule has 0 spiro atoms. The second-order valence-corrected chi connectivity index (χ2v) is 10.2. The Balaban J connectivity index is 0.000000252. The number of aryl methyl sites for hydroxylation is 1. The fourth-order valence-electron chi connectivity index (χ4n) is 3.91. The van der Waals surface area contributed by atoms with Crippen LogP contribution in [-0.2, 0) is 29.0 Å². The zero-order valence-electron chi connectivity index (χ0n) is 22.6. The normalized spacial score (nSPS) is 13.8. The van der Waals surface area contributed by atoms with Gasteiger partial charge in [-0.25, -0.2) is 9.78 Å². The number of fused-ring (bicyclic) bond motifs is 1. The van der Waals surface area contributed by atoms with Crippen LogP contribution in [0.25, 0.3) is 0 Å². The van der Waals surface area contributed by atoms with E-state index in [1.54, 1.807) is 48.5 Å². The molecule has 226 valence electrons. The molecule has 6 N–H and O–H groups in total. The number of carbonyl (C=O) groups excluding carboxylic acids is 2. The highest BCUT2D eigenvalue weighted by molar-refractivity contribution is 7.13. The van der Waals surface area contributed by atoms with Crippen molar-refractivity contribution in [2.24, 2.45) is 17.4 Å². The van der Waals surface area contributed by atoms with Crippen molar-refractivity contribution >= 4 is 40.8 Å². The lowest BCUT2D eigenvalue weighted by atomic mass is 9.89. The van der Waals surface area contributed by atoms with Gasteiger partial charge in [0, 0.05) is 22.7 Å². The van der Waals surface area contributed by atoms with Gasteiger partial charge in [-0.3, -0.25) is 19.3 Å². The highest BCUT2D eigenvalue weighted by atomic mass is 32.1. The molecule has 0 bridgehead atoms. The van der Waals surface area contributed by atoms with Gasteiger partial charge in [0.1, 0.15) is 6.54 Å². The Bertz CT molecular complexity index is 1380. The number of benzene rings is 2. The second kappa shape index (κ2) is 15.6. The Hall–Kier alpha value is -4.30. The number of halogens is 3. The lowest BCUT2D eigenvalue weighted by Crippen LogP contribution is -2.35. The molecule has 1 atom stereocenters. The monoisotopic (exact) mass is 608 g/mol. The summed E-state index contributed by atoms with van der Waals surface area (Å²) in [7, 11) is 0. The molecule has 10 nitrogen and oxygen atoms in total. The van der Waals surface area contributed by atoms with Crippen LogP contribution in [0.1, 0.15) is 56.1 Å². The topological polar surface area (TPSA) is 177 Å². The van der Waals surface area contributed by atoms with Crippen molar-refractivity contribution in [3.8, 4) is 0 Å². The van der Waals surface area contributed by atoms with Gasteiger partial charge in [0.25, 0.3) is 11.8 Å². The minimum absolute atomic E-state index is 0.328. The summed E-state index contributed by atoms with van der Waals surface area (Å²) in [6.45, 7) is 2.13. The fourth-order valence-corrected chi connectivity index (χ4v) is 4.86. The van der Waals surface area contributed by atoms with Crippen molar-refractivity contribution in [1.82, 2.24) is 4.98 Å². The molecule has 14 heteroatoms. The summed E-state index contributed by atoms with van der Waals surface area (Å²) in [5, 5.41) is 16.7. The Morgan fingerprint density at radius 2 is 1.71 bits per heavy atom. The van der Waals surface area contributed by atoms with E-state index in [9.17, 15) is 27.6 Å². The van der Waals surface area contributed by atoms with Crippen molar-refractivity contribution in [2.45, 2.75) is 45.3 Å². The highest BCUT2D eigenvalue weighted by Gasteiger charge is 2.38. The third kappa shape index (κ3) is 10.3. The number of amides is 2. The summed E-state index contributed by atoms with van der Waals surface area (Å²) >= 11 is 1.47. The van der Waals surface area contributed by atoms with Crippen LogP contribution in [0.5, 0.6) is 0 Å². The predicted molar refractivity (Wildman–Crippen MR) is 150 cm³/mol. The Morgan fingerprint density at radius 1 is 1.07 bits per heavy atom. The van der Waals surface area contributed by atoms with Gasteiger partial charge in [0.2, 0.25) is 0 Å². The van der Waals surface area contributed by atoms with Crippen molar-refractivity contribution in [3.05, 3.63) is 81.3 Å². The molecule has 3 aromatic rings. The number of alkyl halides is 3. The first kappa shape index (κ1) is 33.9. The number of aromatic nitrogens is 1. The summed E-state index contributed by atoms with van der Waals surface area (Å²) in [5.41, 5.74) is 13.7. The smallest absolute Gasteiger partial charge is 0.480 e. The number of carbonyl (C=O) groups is 4. The maximum atomic E-state index is 12.5. The van der Waals surface area contributed by atoms with Gasteiger partial charge in [-0.15, -0.1) is 11.3 Å².